The number of hydrogen-bond acceptors (Lipinski definition) is 5. The van der Waals surface area contributed by atoms with Crippen LogP contribution in [0.2, 0.25) is 6.32 Å². The van der Waals surface area contributed by atoms with Crippen LogP contribution in [0.3, 0.4) is 0 Å². The average Bonchev–Trinajstić information content (AvgIpc) is 2.75. The van der Waals surface area contributed by atoms with Crippen molar-refractivity contribution in [2.45, 2.75) is 97.2 Å². The van der Waals surface area contributed by atoms with E-state index in [4.69, 9.17) is 14.0 Å². The van der Waals surface area contributed by atoms with Gasteiger partial charge in [-0.15, -0.1) is 0 Å². The monoisotopic (exact) mass is 369 g/mol. The minimum absolute atomic E-state index is 0.0968. The molecule has 1 heterocycles. The van der Waals surface area contributed by atoms with Gasteiger partial charge in [-0.3, -0.25) is 9.59 Å². The second-order valence-corrected chi connectivity index (χ2v) is 7.98. The molecule has 0 spiro atoms. The quantitative estimate of drug-likeness (QED) is 0.436. The zero-order valence-corrected chi connectivity index (χ0v) is 17.6. The van der Waals surface area contributed by atoms with Crippen LogP contribution in [0.5, 0.6) is 0 Å². The molecule has 26 heavy (non-hydrogen) atoms. The van der Waals surface area contributed by atoms with Crippen LogP contribution in [-0.4, -0.2) is 54.8 Å². The topological polar surface area (TPSA) is 65.1 Å². The number of esters is 1. The standard InChI is InChI=1S/C19H36BNO5/c1-8-11-16(22)21(9-2)15(14-17(23)24-7)12-10-13-20-25-18(3,4)19(5,6)26-20/h15H,8-14H2,1-7H3. The number of ether oxygens (including phenoxy) is 1. The zero-order valence-electron chi connectivity index (χ0n) is 17.6. The van der Waals surface area contributed by atoms with Crippen LogP contribution in [-0.2, 0) is 23.6 Å². The highest BCUT2D eigenvalue weighted by atomic mass is 16.7. The molecule has 1 aliphatic rings. The molecule has 1 fully saturated rings. The molecule has 1 atom stereocenters. The lowest BCUT2D eigenvalue weighted by molar-refractivity contribution is -0.143. The van der Waals surface area contributed by atoms with Gasteiger partial charge in [0, 0.05) is 19.0 Å². The molecule has 0 radical (unpaired) electrons. The fourth-order valence-electron chi connectivity index (χ4n) is 3.24. The molecule has 1 saturated heterocycles. The summed E-state index contributed by atoms with van der Waals surface area (Å²) < 4.78 is 16.9. The van der Waals surface area contributed by atoms with E-state index in [-0.39, 0.29) is 42.7 Å². The normalized spacial score (nSPS) is 19.3. The molecule has 1 amide bonds. The molecule has 1 rings (SSSR count). The Morgan fingerprint density at radius 2 is 1.69 bits per heavy atom. The third-order valence-electron chi connectivity index (χ3n) is 5.47. The van der Waals surface area contributed by atoms with Crippen LogP contribution in [0.15, 0.2) is 0 Å². The molecule has 0 bridgehead atoms. The summed E-state index contributed by atoms with van der Waals surface area (Å²) >= 11 is 0. The Bertz CT molecular complexity index is 465. The van der Waals surface area contributed by atoms with Crippen molar-refractivity contribution in [3.63, 3.8) is 0 Å². The highest BCUT2D eigenvalue weighted by Crippen LogP contribution is 2.38. The molecule has 0 aromatic rings. The number of methoxy groups -OCH3 is 1. The number of nitrogens with zero attached hydrogens (tertiary/aromatic N) is 1. The molecule has 6 nitrogen and oxygen atoms in total. The summed E-state index contributed by atoms with van der Waals surface area (Å²) in [6.45, 7) is 12.7. The van der Waals surface area contributed by atoms with Gasteiger partial charge in [0.2, 0.25) is 5.91 Å². The summed E-state index contributed by atoms with van der Waals surface area (Å²) in [4.78, 5) is 26.0. The first-order chi connectivity index (χ1) is 12.1. The maximum atomic E-state index is 12.4. The molecule has 1 unspecified atom stereocenters. The van der Waals surface area contributed by atoms with E-state index < -0.39 is 0 Å². The Balaban J connectivity index is 2.66. The van der Waals surface area contributed by atoms with Gasteiger partial charge in [-0.1, -0.05) is 13.3 Å². The summed E-state index contributed by atoms with van der Waals surface area (Å²) in [5.74, 6) is -0.187. The maximum Gasteiger partial charge on any atom is 0.457 e. The van der Waals surface area contributed by atoms with Crippen LogP contribution in [0, 0.1) is 0 Å². The first-order valence-corrected chi connectivity index (χ1v) is 9.79. The molecule has 1 aliphatic heterocycles. The minimum Gasteiger partial charge on any atom is -0.469 e. The average molecular weight is 369 g/mol. The largest absolute Gasteiger partial charge is 0.469 e. The lowest BCUT2D eigenvalue weighted by atomic mass is 9.81. The number of rotatable bonds is 10. The first-order valence-electron chi connectivity index (χ1n) is 9.79. The first kappa shape index (κ1) is 23.0. The van der Waals surface area contributed by atoms with E-state index in [1.54, 1.807) is 0 Å². The van der Waals surface area contributed by atoms with Crippen molar-refractivity contribution in [3.05, 3.63) is 0 Å². The fourth-order valence-corrected chi connectivity index (χ4v) is 3.24. The minimum atomic E-state index is -0.338. The lowest BCUT2D eigenvalue weighted by Crippen LogP contribution is -2.41. The van der Waals surface area contributed by atoms with Crippen LogP contribution in [0.1, 0.15) is 73.6 Å². The van der Waals surface area contributed by atoms with Crippen LogP contribution >= 0.6 is 0 Å². The van der Waals surface area contributed by atoms with Gasteiger partial charge in [0.1, 0.15) is 0 Å². The van der Waals surface area contributed by atoms with Gasteiger partial charge in [0.15, 0.2) is 0 Å². The molecular weight excluding hydrogens is 333 g/mol. The lowest BCUT2D eigenvalue weighted by Gasteiger charge is -2.32. The Kier molecular flexibility index (Phi) is 8.61. The number of carbonyl (C=O) groups is 2. The highest BCUT2D eigenvalue weighted by molar-refractivity contribution is 6.45. The van der Waals surface area contributed by atoms with Crippen molar-refractivity contribution in [2.75, 3.05) is 13.7 Å². The van der Waals surface area contributed by atoms with E-state index in [0.717, 1.165) is 25.6 Å². The van der Waals surface area contributed by atoms with Crippen LogP contribution in [0.4, 0.5) is 0 Å². The maximum absolute atomic E-state index is 12.4. The van der Waals surface area contributed by atoms with Gasteiger partial charge in [-0.25, -0.2) is 0 Å². The Labute approximate surface area is 159 Å². The van der Waals surface area contributed by atoms with Gasteiger partial charge in [-0.2, -0.15) is 0 Å². The van der Waals surface area contributed by atoms with Crippen molar-refractivity contribution in [2.24, 2.45) is 0 Å². The van der Waals surface area contributed by atoms with Gasteiger partial charge in [-0.05, 0) is 53.8 Å². The number of amides is 1. The predicted molar refractivity (Wildman–Crippen MR) is 103 cm³/mol. The fraction of sp³-hybridized carbons (Fsp3) is 0.895. The van der Waals surface area contributed by atoms with E-state index in [2.05, 4.69) is 0 Å². The van der Waals surface area contributed by atoms with E-state index in [9.17, 15) is 9.59 Å². The van der Waals surface area contributed by atoms with E-state index in [1.165, 1.54) is 7.11 Å². The summed E-state index contributed by atoms with van der Waals surface area (Å²) in [6, 6.07) is -0.145. The van der Waals surface area contributed by atoms with E-state index in [1.807, 2.05) is 46.4 Å². The highest BCUT2D eigenvalue weighted by Gasteiger charge is 2.50. The van der Waals surface area contributed by atoms with Crippen molar-refractivity contribution in [1.82, 2.24) is 4.90 Å². The molecule has 150 valence electrons. The Morgan fingerprint density at radius 3 is 2.15 bits per heavy atom. The molecule has 7 heteroatoms. The van der Waals surface area contributed by atoms with E-state index in [0.29, 0.717) is 13.0 Å². The summed E-state index contributed by atoms with van der Waals surface area (Å²) in [5.41, 5.74) is -0.675. The molecule has 0 aromatic heterocycles. The second kappa shape index (κ2) is 9.74. The predicted octanol–water partition coefficient (Wildman–Crippen LogP) is 3.44. The Hall–Kier alpha value is -1.08. The molecule has 0 aromatic carbocycles. The number of carbonyl (C=O) groups excluding carboxylic acids is 2. The smallest absolute Gasteiger partial charge is 0.457 e. The summed E-state index contributed by atoms with van der Waals surface area (Å²) in [6.07, 6.45) is 3.81. The van der Waals surface area contributed by atoms with E-state index >= 15 is 0 Å². The van der Waals surface area contributed by atoms with Crippen molar-refractivity contribution in [1.29, 1.82) is 0 Å². The molecular formula is C19H36BNO5. The van der Waals surface area contributed by atoms with Gasteiger partial charge in [0.05, 0.1) is 24.7 Å². The zero-order chi connectivity index (χ0) is 20.0. The van der Waals surface area contributed by atoms with Crippen molar-refractivity contribution in [3.8, 4) is 0 Å². The van der Waals surface area contributed by atoms with Gasteiger partial charge in [0.25, 0.3) is 0 Å². The molecule has 0 aliphatic carbocycles. The summed E-state index contributed by atoms with van der Waals surface area (Å²) in [7, 11) is 1.13. The SMILES string of the molecule is CCCC(=O)N(CC)C(CCCB1OC(C)(C)C(C)(C)O1)CC(=O)OC. The third kappa shape index (κ3) is 5.98. The van der Waals surface area contributed by atoms with Crippen molar-refractivity contribution >= 4 is 19.0 Å². The van der Waals surface area contributed by atoms with Gasteiger partial charge < -0.3 is 18.9 Å². The van der Waals surface area contributed by atoms with Gasteiger partial charge >= 0.3 is 13.1 Å². The van der Waals surface area contributed by atoms with Crippen molar-refractivity contribution < 1.29 is 23.6 Å². The molecule has 0 saturated carbocycles. The van der Waals surface area contributed by atoms with Crippen LogP contribution < -0.4 is 0 Å². The third-order valence-corrected chi connectivity index (χ3v) is 5.47. The number of hydrogen-bond donors (Lipinski definition) is 0. The summed E-state index contributed by atoms with van der Waals surface area (Å²) in [5, 5.41) is 0. The van der Waals surface area contributed by atoms with Crippen LogP contribution in [0.25, 0.3) is 0 Å². The molecule has 0 N–H and O–H groups in total. The Morgan fingerprint density at radius 1 is 1.12 bits per heavy atom. The second-order valence-electron chi connectivity index (χ2n) is 7.98.